The van der Waals surface area contributed by atoms with E-state index < -0.39 is 11.6 Å². The van der Waals surface area contributed by atoms with E-state index in [1.807, 2.05) is 0 Å². The Hall–Kier alpha value is -1.94. The second-order valence-corrected chi connectivity index (χ2v) is 2.63. The van der Waals surface area contributed by atoms with Gasteiger partial charge in [-0.1, -0.05) is 0 Å². The molecule has 0 saturated heterocycles. The first kappa shape index (κ1) is 11.1. The highest BCUT2D eigenvalue weighted by atomic mass is 19.3. The van der Waals surface area contributed by atoms with E-state index in [1.54, 1.807) is 0 Å². The number of hydrogen-bond acceptors (Lipinski definition) is 4. The number of phenolic OH excluding ortho intramolecular Hbond substituents is 1. The van der Waals surface area contributed by atoms with Crippen molar-refractivity contribution >= 4 is 6.08 Å². The lowest BCUT2D eigenvalue weighted by molar-refractivity contribution is 0.00593. The molecular weight excluding hydrogens is 208 g/mol. The Kier molecular flexibility index (Phi) is 3.01. The lowest BCUT2D eigenvalue weighted by atomic mass is 10.1. The van der Waals surface area contributed by atoms with Crippen LogP contribution in [0.4, 0.5) is 8.78 Å². The average molecular weight is 215 g/mol. The van der Waals surface area contributed by atoms with E-state index in [0.29, 0.717) is 0 Å². The van der Waals surface area contributed by atoms with Crippen LogP contribution in [0.15, 0.2) is 23.2 Å². The summed E-state index contributed by atoms with van der Waals surface area (Å²) in [5.41, 5.74) is -0.555. The van der Waals surface area contributed by atoms with Gasteiger partial charge < -0.3 is 9.84 Å². The summed E-state index contributed by atoms with van der Waals surface area (Å²) in [5.74, 6) is -0.389. The molecule has 0 heterocycles. The fraction of sp³-hybridized carbons (Fsp3) is 0.222. The molecule has 0 bridgehead atoms. The Bertz CT molecular complexity index is 414. The summed E-state index contributed by atoms with van der Waals surface area (Å²) in [6.45, 7) is 0. The molecule has 0 aliphatic heterocycles. The maximum Gasteiger partial charge on any atom is 0.379 e. The van der Waals surface area contributed by atoms with Gasteiger partial charge >= 0.3 is 6.05 Å². The van der Waals surface area contributed by atoms with Crippen molar-refractivity contribution < 1.29 is 23.4 Å². The van der Waals surface area contributed by atoms with Gasteiger partial charge in [0, 0.05) is 5.56 Å². The predicted molar refractivity (Wildman–Crippen MR) is 46.7 cm³/mol. The van der Waals surface area contributed by atoms with Crippen LogP contribution in [0.2, 0.25) is 0 Å². The molecule has 1 rings (SSSR count). The van der Waals surface area contributed by atoms with Crippen LogP contribution in [0.3, 0.4) is 0 Å². The minimum Gasteiger partial charge on any atom is -0.504 e. The Balaban J connectivity index is 3.21. The molecule has 0 fully saturated rings. The van der Waals surface area contributed by atoms with Gasteiger partial charge in [-0.05, 0) is 18.2 Å². The fourth-order valence-corrected chi connectivity index (χ4v) is 0.987. The van der Waals surface area contributed by atoms with Gasteiger partial charge in [0.1, 0.15) is 0 Å². The molecule has 0 aliphatic carbocycles. The second kappa shape index (κ2) is 4.06. The third kappa shape index (κ3) is 2.30. The second-order valence-electron chi connectivity index (χ2n) is 2.63. The summed E-state index contributed by atoms with van der Waals surface area (Å²) >= 11 is 0. The Morgan fingerprint density at radius 1 is 1.53 bits per heavy atom. The van der Waals surface area contributed by atoms with Gasteiger partial charge in [0.15, 0.2) is 11.5 Å². The average Bonchev–Trinajstić information content (AvgIpc) is 2.18. The largest absolute Gasteiger partial charge is 0.504 e. The van der Waals surface area contributed by atoms with Crippen molar-refractivity contribution in [1.29, 1.82) is 0 Å². The van der Waals surface area contributed by atoms with E-state index in [2.05, 4.69) is 9.73 Å². The van der Waals surface area contributed by atoms with Crippen LogP contribution < -0.4 is 4.74 Å². The Morgan fingerprint density at radius 3 is 2.73 bits per heavy atom. The molecule has 6 heteroatoms. The number of aliphatic imine (C=N–C) groups is 1. The summed E-state index contributed by atoms with van der Waals surface area (Å²) in [7, 11) is 1.22. The number of halogens is 2. The monoisotopic (exact) mass is 215 g/mol. The zero-order valence-corrected chi connectivity index (χ0v) is 7.70. The fourth-order valence-electron chi connectivity index (χ4n) is 0.987. The van der Waals surface area contributed by atoms with Crippen molar-refractivity contribution in [3.05, 3.63) is 23.8 Å². The predicted octanol–water partition coefficient (Wildman–Crippen LogP) is 1.79. The van der Waals surface area contributed by atoms with E-state index in [0.717, 1.165) is 24.3 Å². The zero-order chi connectivity index (χ0) is 11.5. The topological polar surface area (TPSA) is 58.9 Å². The normalized spacial score (nSPS) is 10.6. The van der Waals surface area contributed by atoms with Gasteiger partial charge in [-0.2, -0.15) is 8.78 Å². The van der Waals surface area contributed by atoms with E-state index in [1.165, 1.54) is 7.11 Å². The van der Waals surface area contributed by atoms with Crippen LogP contribution >= 0.6 is 0 Å². The minimum absolute atomic E-state index is 0.117. The summed E-state index contributed by atoms with van der Waals surface area (Å²) in [6.07, 6.45) is 0.780. The molecule has 0 aromatic heterocycles. The third-order valence-corrected chi connectivity index (χ3v) is 1.71. The maximum absolute atomic E-state index is 13.0. The molecule has 0 unspecified atom stereocenters. The molecule has 1 aromatic rings. The molecule has 0 amide bonds. The van der Waals surface area contributed by atoms with Crippen molar-refractivity contribution in [3.8, 4) is 11.5 Å². The lowest BCUT2D eigenvalue weighted by Gasteiger charge is -2.11. The van der Waals surface area contributed by atoms with Crippen LogP contribution in [-0.2, 0) is 10.8 Å². The first-order chi connectivity index (χ1) is 7.01. The van der Waals surface area contributed by atoms with E-state index in [-0.39, 0.29) is 11.5 Å². The molecular formula is C9H7F2NO3. The molecule has 0 atom stereocenters. The quantitative estimate of drug-likeness (QED) is 0.475. The number of isocyanates is 1. The van der Waals surface area contributed by atoms with E-state index >= 15 is 0 Å². The molecule has 80 valence electrons. The van der Waals surface area contributed by atoms with Gasteiger partial charge in [0.05, 0.1) is 7.11 Å². The summed E-state index contributed by atoms with van der Waals surface area (Å²) in [5, 5.41) is 9.15. The summed E-state index contributed by atoms with van der Waals surface area (Å²) in [6, 6.07) is -0.792. The van der Waals surface area contributed by atoms with Crippen LogP contribution in [0.5, 0.6) is 11.5 Å². The van der Waals surface area contributed by atoms with Crippen LogP contribution in [-0.4, -0.2) is 18.3 Å². The van der Waals surface area contributed by atoms with E-state index in [9.17, 15) is 13.6 Å². The van der Waals surface area contributed by atoms with Crippen molar-refractivity contribution in [3.63, 3.8) is 0 Å². The highest BCUT2D eigenvalue weighted by molar-refractivity contribution is 5.44. The summed E-state index contributed by atoms with van der Waals surface area (Å²) in [4.78, 5) is 12.1. The van der Waals surface area contributed by atoms with Gasteiger partial charge in [0.2, 0.25) is 6.08 Å². The Morgan fingerprint density at radius 2 is 2.20 bits per heavy atom. The number of ether oxygens (including phenoxy) is 1. The molecule has 0 saturated carbocycles. The van der Waals surface area contributed by atoms with Gasteiger partial charge in [-0.15, -0.1) is 4.99 Å². The number of benzene rings is 1. The van der Waals surface area contributed by atoms with Crippen LogP contribution in [0, 0.1) is 0 Å². The number of phenols is 1. The highest BCUT2D eigenvalue weighted by Crippen LogP contribution is 2.35. The molecule has 1 aromatic carbocycles. The third-order valence-electron chi connectivity index (χ3n) is 1.71. The zero-order valence-electron chi connectivity index (χ0n) is 7.70. The molecule has 0 radical (unpaired) electrons. The van der Waals surface area contributed by atoms with Gasteiger partial charge in [-0.3, -0.25) is 0 Å². The van der Waals surface area contributed by atoms with Crippen molar-refractivity contribution in [2.24, 2.45) is 4.99 Å². The van der Waals surface area contributed by atoms with Crippen LogP contribution in [0.1, 0.15) is 5.56 Å². The van der Waals surface area contributed by atoms with E-state index in [4.69, 9.17) is 5.11 Å². The molecule has 1 N–H and O–H groups in total. The number of hydrogen-bond donors (Lipinski definition) is 1. The Labute approximate surface area is 83.8 Å². The summed E-state index contributed by atoms with van der Waals surface area (Å²) < 4.78 is 30.7. The number of carbonyl (C=O) groups excluding carboxylic acids is 1. The number of aromatic hydroxyl groups is 1. The number of alkyl halides is 2. The number of nitrogens with zero attached hydrogens (tertiary/aromatic N) is 1. The first-order valence-electron chi connectivity index (χ1n) is 3.85. The highest BCUT2D eigenvalue weighted by Gasteiger charge is 2.31. The van der Waals surface area contributed by atoms with Crippen molar-refractivity contribution in [2.45, 2.75) is 6.05 Å². The minimum atomic E-state index is -3.66. The molecule has 0 spiro atoms. The maximum atomic E-state index is 13.0. The molecule has 4 nitrogen and oxygen atoms in total. The van der Waals surface area contributed by atoms with Crippen molar-refractivity contribution in [2.75, 3.05) is 7.11 Å². The molecule has 15 heavy (non-hydrogen) atoms. The molecule has 0 aliphatic rings. The van der Waals surface area contributed by atoms with Crippen molar-refractivity contribution in [1.82, 2.24) is 0 Å². The first-order valence-corrected chi connectivity index (χ1v) is 3.85. The SMILES string of the molecule is COc1cc(C(F)(F)N=C=O)ccc1O. The lowest BCUT2D eigenvalue weighted by Crippen LogP contribution is -2.09. The van der Waals surface area contributed by atoms with Gasteiger partial charge in [-0.25, -0.2) is 4.79 Å². The number of rotatable bonds is 3. The number of methoxy groups -OCH3 is 1. The van der Waals surface area contributed by atoms with Gasteiger partial charge in [0.25, 0.3) is 0 Å². The standard InChI is InChI=1S/C9H7F2NO3/c1-15-8-4-6(2-3-7(8)14)9(10,11)12-5-13/h2-4,14H,1H3. The smallest absolute Gasteiger partial charge is 0.379 e. The van der Waals surface area contributed by atoms with Crippen LogP contribution in [0.25, 0.3) is 0 Å².